The molecule has 114 valence electrons. The minimum absolute atomic E-state index is 0.345. The number of aryl methyl sites for hydroxylation is 1. The van der Waals surface area contributed by atoms with E-state index in [1.54, 1.807) is 12.1 Å². The van der Waals surface area contributed by atoms with Gasteiger partial charge in [0.05, 0.1) is 5.52 Å². The standard InChI is InChI=1S/C17H14N4O2/c1-21-9-11(10-5-2-3-7-13(10)21)16-19-12-6-4-8-14(15(12)20-16)23-17(18)22/h2-9H,1H3,(H2,18,22)(H,19,20). The first-order valence-electron chi connectivity index (χ1n) is 7.14. The molecule has 0 spiro atoms. The van der Waals surface area contributed by atoms with Gasteiger partial charge in [0.2, 0.25) is 0 Å². The Labute approximate surface area is 131 Å². The van der Waals surface area contributed by atoms with Crippen LogP contribution in [0.15, 0.2) is 48.7 Å². The maximum atomic E-state index is 11.0. The summed E-state index contributed by atoms with van der Waals surface area (Å²) in [5.41, 5.74) is 8.58. The number of rotatable bonds is 2. The van der Waals surface area contributed by atoms with Crippen molar-refractivity contribution in [2.24, 2.45) is 12.8 Å². The lowest BCUT2D eigenvalue weighted by Crippen LogP contribution is -2.16. The Morgan fingerprint density at radius 3 is 2.87 bits per heavy atom. The molecule has 4 aromatic rings. The van der Waals surface area contributed by atoms with Crippen molar-refractivity contribution in [3.63, 3.8) is 0 Å². The van der Waals surface area contributed by atoms with Gasteiger partial charge in [0.25, 0.3) is 0 Å². The van der Waals surface area contributed by atoms with Gasteiger partial charge in [-0.1, -0.05) is 24.3 Å². The lowest BCUT2D eigenvalue weighted by Gasteiger charge is -1.99. The average molecular weight is 306 g/mol. The van der Waals surface area contributed by atoms with Crippen LogP contribution in [0.5, 0.6) is 5.75 Å². The Balaban J connectivity index is 1.93. The van der Waals surface area contributed by atoms with Crippen LogP contribution >= 0.6 is 0 Å². The number of primary amides is 1. The Morgan fingerprint density at radius 1 is 1.22 bits per heavy atom. The number of benzene rings is 2. The minimum atomic E-state index is -0.854. The molecule has 0 aliphatic rings. The summed E-state index contributed by atoms with van der Waals surface area (Å²) in [6, 6.07) is 13.4. The van der Waals surface area contributed by atoms with Gasteiger partial charge < -0.3 is 20.0 Å². The number of H-pyrrole nitrogens is 1. The van der Waals surface area contributed by atoms with Gasteiger partial charge in [-0.25, -0.2) is 9.78 Å². The van der Waals surface area contributed by atoms with Gasteiger partial charge in [0, 0.05) is 29.7 Å². The number of carbonyl (C=O) groups is 1. The maximum Gasteiger partial charge on any atom is 0.410 e. The number of aromatic amines is 1. The number of ether oxygens (including phenoxy) is 1. The van der Waals surface area contributed by atoms with Crippen molar-refractivity contribution < 1.29 is 9.53 Å². The Hall–Kier alpha value is -3.28. The zero-order valence-electron chi connectivity index (χ0n) is 12.4. The molecule has 0 saturated heterocycles. The van der Waals surface area contributed by atoms with E-state index in [0.29, 0.717) is 11.3 Å². The van der Waals surface area contributed by atoms with Crippen molar-refractivity contribution in [2.45, 2.75) is 0 Å². The van der Waals surface area contributed by atoms with E-state index < -0.39 is 6.09 Å². The van der Waals surface area contributed by atoms with E-state index in [1.807, 2.05) is 31.4 Å². The number of nitrogens with two attached hydrogens (primary N) is 1. The molecule has 23 heavy (non-hydrogen) atoms. The van der Waals surface area contributed by atoms with Gasteiger partial charge >= 0.3 is 6.09 Å². The quantitative estimate of drug-likeness (QED) is 0.596. The summed E-state index contributed by atoms with van der Waals surface area (Å²) in [7, 11) is 2.00. The molecule has 6 nitrogen and oxygen atoms in total. The maximum absolute atomic E-state index is 11.0. The number of hydrogen-bond acceptors (Lipinski definition) is 3. The van der Waals surface area contributed by atoms with Crippen molar-refractivity contribution in [1.29, 1.82) is 0 Å². The third kappa shape index (κ3) is 2.12. The number of hydrogen-bond donors (Lipinski definition) is 2. The summed E-state index contributed by atoms with van der Waals surface area (Å²) in [4.78, 5) is 18.9. The predicted molar refractivity (Wildman–Crippen MR) is 88.2 cm³/mol. The Kier molecular flexibility index (Phi) is 2.84. The topological polar surface area (TPSA) is 85.9 Å². The molecule has 0 saturated carbocycles. The first-order valence-corrected chi connectivity index (χ1v) is 7.14. The molecule has 2 heterocycles. The van der Waals surface area contributed by atoms with Crippen molar-refractivity contribution in [1.82, 2.24) is 14.5 Å². The molecule has 2 aromatic heterocycles. The van der Waals surface area contributed by atoms with Gasteiger partial charge in [0.1, 0.15) is 11.3 Å². The highest BCUT2D eigenvalue weighted by atomic mass is 16.5. The second-order valence-electron chi connectivity index (χ2n) is 5.33. The molecule has 0 aliphatic heterocycles. The third-order valence-corrected chi connectivity index (χ3v) is 3.84. The fourth-order valence-corrected chi connectivity index (χ4v) is 2.85. The first-order chi connectivity index (χ1) is 11.1. The van der Waals surface area contributed by atoms with Gasteiger partial charge in [0.15, 0.2) is 5.75 Å². The number of nitrogens with one attached hydrogen (secondary N) is 1. The minimum Gasteiger partial charge on any atom is -0.408 e. The molecule has 0 radical (unpaired) electrons. The monoisotopic (exact) mass is 306 g/mol. The van der Waals surface area contributed by atoms with Crippen LogP contribution in [0.3, 0.4) is 0 Å². The smallest absolute Gasteiger partial charge is 0.408 e. The van der Waals surface area contributed by atoms with E-state index in [2.05, 4.69) is 26.7 Å². The van der Waals surface area contributed by atoms with Gasteiger partial charge in [-0.3, -0.25) is 0 Å². The van der Waals surface area contributed by atoms with Crippen LogP contribution < -0.4 is 10.5 Å². The van der Waals surface area contributed by atoms with Gasteiger partial charge in [-0.15, -0.1) is 0 Å². The fourth-order valence-electron chi connectivity index (χ4n) is 2.85. The number of fused-ring (bicyclic) bond motifs is 2. The predicted octanol–water partition coefficient (Wildman–Crippen LogP) is 3.18. The molecule has 3 N–H and O–H groups in total. The van der Waals surface area contributed by atoms with Crippen LogP contribution in [0.1, 0.15) is 0 Å². The average Bonchev–Trinajstić information content (AvgIpc) is 3.09. The van der Waals surface area contributed by atoms with E-state index in [9.17, 15) is 4.79 Å². The number of imidazole rings is 1. The number of para-hydroxylation sites is 2. The van der Waals surface area contributed by atoms with Crippen LogP contribution in [0.2, 0.25) is 0 Å². The number of aromatic nitrogens is 3. The molecule has 0 fully saturated rings. The number of amides is 1. The molecule has 0 bridgehead atoms. The van der Waals surface area contributed by atoms with Crippen molar-refractivity contribution in [2.75, 3.05) is 0 Å². The summed E-state index contributed by atoms with van der Waals surface area (Å²) in [5, 5.41) is 1.10. The number of carbonyl (C=O) groups excluding carboxylic acids is 1. The van der Waals surface area contributed by atoms with Crippen LogP contribution in [-0.4, -0.2) is 20.6 Å². The third-order valence-electron chi connectivity index (χ3n) is 3.84. The van der Waals surface area contributed by atoms with E-state index >= 15 is 0 Å². The second kappa shape index (κ2) is 4.88. The number of nitrogens with zero attached hydrogens (tertiary/aromatic N) is 2. The molecule has 6 heteroatoms. The highest BCUT2D eigenvalue weighted by molar-refractivity contribution is 5.96. The van der Waals surface area contributed by atoms with Crippen LogP contribution in [-0.2, 0) is 7.05 Å². The molecule has 0 unspecified atom stereocenters. The molecule has 0 aliphatic carbocycles. The van der Waals surface area contributed by atoms with E-state index in [0.717, 1.165) is 27.8 Å². The fraction of sp³-hybridized carbons (Fsp3) is 0.0588. The summed E-state index contributed by atoms with van der Waals surface area (Å²) in [5.74, 6) is 1.06. The van der Waals surface area contributed by atoms with E-state index in [1.165, 1.54) is 0 Å². The highest BCUT2D eigenvalue weighted by Gasteiger charge is 2.15. The van der Waals surface area contributed by atoms with Crippen molar-refractivity contribution >= 4 is 28.0 Å². The lowest BCUT2D eigenvalue weighted by molar-refractivity contribution is 0.211. The zero-order valence-corrected chi connectivity index (χ0v) is 12.4. The molecular formula is C17H14N4O2. The molecule has 1 amide bonds. The summed E-state index contributed by atoms with van der Waals surface area (Å²) >= 11 is 0. The van der Waals surface area contributed by atoms with Gasteiger partial charge in [-0.2, -0.15) is 0 Å². The van der Waals surface area contributed by atoms with Crippen molar-refractivity contribution in [3.8, 4) is 17.1 Å². The molecule has 4 rings (SSSR count). The normalized spacial score (nSPS) is 11.2. The van der Waals surface area contributed by atoms with Crippen LogP contribution in [0, 0.1) is 0 Å². The van der Waals surface area contributed by atoms with Gasteiger partial charge in [-0.05, 0) is 18.2 Å². The zero-order chi connectivity index (χ0) is 16.0. The van der Waals surface area contributed by atoms with Crippen molar-refractivity contribution in [3.05, 3.63) is 48.7 Å². The molecular weight excluding hydrogens is 292 g/mol. The largest absolute Gasteiger partial charge is 0.410 e. The first kappa shape index (κ1) is 13.4. The van der Waals surface area contributed by atoms with E-state index in [-0.39, 0.29) is 0 Å². The summed E-state index contributed by atoms with van der Waals surface area (Å²) in [6.07, 6.45) is 1.17. The summed E-state index contributed by atoms with van der Waals surface area (Å²) in [6.45, 7) is 0. The Bertz CT molecular complexity index is 1050. The SMILES string of the molecule is Cn1cc(-c2nc3c(OC(N)=O)cccc3[nH]2)c2ccccc21. The second-order valence-corrected chi connectivity index (χ2v) is 5.33. The highest BCUT2D eigenvalue weighted by Crippen LogP contribution is 2.32. The van der Waals surface area contributed by atoms with Crippen LogP contribution in [0.25, 0.3) is 33.3 Å². The summed E-state index contributed by atoms with van der Waals surface area (Å²) < 4.78 is 7.07. The Morgan fingerprint density at radius 2 is 2.04 bits per heavy atom. The lowest BCUT2D eigenvalue weighted by atomic mass is 10.2. The molecule has 0 atom stereocenters. The molecule has 2 aromatic carbocycles. The van der Waals surface area contributed by atoms with Crippen LogP contribution in [0.4, 0.5) is 4.79 Å². The van der Waals surface area contributed by atoms with E-state index in [4.69, 9.17) is 10.5 Å².